The van der Waals surface area contributed by atoms with E-state index in [0.717, 1.165) is 6.07 Å². The summed E-state index contributed by atoms with van der Waals surface area (Å²) in [6.07, 6.45) is -2.76. The Morgan fingerprint density at radius 3 is 2.67 bits per heavy atom. The van der Waals surface area contributed by atoms with Gasteiger partial charge in [0.2, 0.25) is 0 Å². The molecule has 4 nitrogen and oxygen atoms in total. The number of alkyl halides is 3. The molecule has 0 fully saturated rings. The molecule has 0 saturated carbocycles. The van der Waals surface area contributed by atoms with Gasteiger partial charge in [-0.15, -0.1) is 6.58 Å². The second-order valence-electron chi connectivity index (χ2n) is 4.01. The Hall–Kier alpha value is -2.18. The zero-order valence-electron chi connectivity index (χ0n) is 11.7. The Bertz CT molecular complexity index is 487. The lowest BCUT2D eigenvalue weighted by molar-refractivity contribution is -0.138. The van der Waals surface area contributed by atoms with Crippen LogP contribution in [0.5, 0.6) is 5.75 Å². The van der Waals surface area contributed by atoms with Crippen LogP contribution in [0.15, 0.2) is 41.9 Å². The van der Waals surface area contributed by atoms with Crippen LogP contribution in [0.25, 0.3) is 0 Å². The molecule has 0 unspecified atom stereocenters. The quantitative estimate of drug-likeness (QED) is 0.367. The first-order valence-corrected chi connectivity index (χ1v) is 6.33. The van der Waals surface area contributed by atoms with E-state index in [4.69, 9.17) is 4.74 Å². The monoisotopic (exact) mass is 301 g/mol. The number of halogens is 3. The number of nitrogens with one attached hydrogen (secondary N) is 2. The molecule has 1 aromatic carbocycles. The molecular weight excluding hydrogens is 283 g/mol. The lowest BCUT2D eigenvalue weighted by Gasteiger charge is -2.15. The van der Waals surface area contributed by atoms with Crippen LogP contribution in [-0.4, -0.2) is 32.7 Å². The standard InChI is InChI=1S/C14H18F3N3O/c1-3-8-19-13(18-2)20-9-10-21-12-7-5-4-6-11(12)14(15,16)17/h3-7H,1,8-10H2,2H3,(H2,18,19,20). The summed E-state index contributed by atoms with van der Waals surface area (Å²) in [6.45, 7) is 4.51. The first-order valence-electron chi connectivity index (χ1n) is 6.33. The highest BCUT2D eigenvalue weighted by molar-refractivity contribution is 5.79. The fourth-order valence-corrected chi connectivity index (χ4v) is 1.55. The van der Waals surface area contributed by atoms with Crippen molar-refractivity contribution in [1.29, 1.82) is 0 Å². The number of para-hydroxylation sites is 1. The van der Waals surface area contributed by atoms with Crippen LogP contribution in [0.3, 0.4) is 0 Å². The summed E-state index contributed by atoms with van der Waals surface area (Å²) in [5.74, 6) is 0.350. The second-order valence-corrected chi connectivity index (χ2v) is 4.01. The Labute approximate surface area is 121 Å². The third-order valence-electron chi connectivity index (χ3n) is 2.48. The average Bonchev–Trinajstić information content (AvgIpc) is 2.46. The molecule has 0 saturated heterocycles. The van der Waals surface area contributed by atoms with Gasteiger partial charge in [0.25, 0.3) is 0 Å². The third-order valence-corrected chi connectivity index (χ3v) is 2.48. The predicted molar refractivity (Wildman–Crippen MR) is 76.5 cm³/mol. The number of aliphatic imine (C=N–C) groups is 1. The molecule has 0 aliphatic carbocycles. The third kappa shape index (κ3) is 5.76. The van der Waals surface area contributed by atoms with Crippen molar-refractivity contribution in [3.63, 3.8) is 0 Å². The number of nitrogens with zero attached hydrogens (tertiary/aromatic N) is 1. The van der Waals surface area contributed by atoms with Crippen molar-refractivity contribution in [3.8, 4) is 5.75 Å². The van der Waals surface area contributed by atoms with Gasteiger partial charge in [0.05, 0.1) is 12.1 Å². The maximum absolute atomic E-state index is 12.7. The maximum Gasteiger partial charge on any atom is 0.419 e. The molecule has 1 rings (SSSR count). The van der Waals surface area contributed by atoms with Gasteiger partial charge < -0.3 is 15.4 Å². The molecule has 0 amide bonds. The van der Waals surface area contributed by atoms with Crippen LogP contribution in [0.2, 0.25) is 0 Å². The molecule has 0 aliphatic heterocycles. The molecule has 0 heterocycles. The Morgan fingerprint density at radius 1 is 1.33 bits per heavy atom. The van der Waals surface area contributed by atoms with Crippen molar-refractivity contribution in [1.82, 2.24) is 10.6 Å². The minimum Gasteiger partial charge on any atom is -0.491 e. The van der Waals surface area contributed by atoms with Gasteiger partial charge >= 0.3 is 6.18 Å². The van der Waals surface area contributed by atoms with Gasteiger partial charge in [0, 0.05) is 13.6 Å². The topological polar surface area (TPSA) is 45.7 Å². The number of hydrogen-bond acceptors (Lipinski definition) is 2. The van der Waals surface area contributed by atoms with Crippen LogP contribution < -0.4 is 15.4 Å². The molecule has 116 valence electrons. The van der Waals surface area contributed by atoms with E-state index in [1.165, 1.54) is 18.2 Å². The molecule has 0 bridgehead atoms. The largest absolute Gasteiger partial charge is 0.491 e. The van der Waals surface area contributed by atoms with Gasteiger partial charge in [0.15, 0.2) is 5.96 Å². The number of guanidine groups is 1. The molecule has 0 radical (unpaired) electrons. The summed E-state index contributed by atoms with van der Waals surface area (Å²) >= 11 is 0. The minimum atomic E-state index is -4.43. The summed E-state index contributed by atoms with van der Waals surface area (Å²) < 4.78 is 43.4. The molecular formula is C14H18F3N3O. The fraction of sp³-hybridized carbons (Fsp3) is 0.357. The second kappa shape index (κ2) is 8.18. The van der Waals surface area contributed by atoms with E-state index >= 15 is 0 Å². The molecule has 7 heteroatoms. The Balaban J connectivity index is 2.48. The minimum absolute atomic E-state index is 0.0852. The molecule has 0 aromatic heterocycles. The van der Waals surface area contributed by atoms with Crippen molar-refractivity contribution >= 4 is 5.96 Å². The molecule has 0 aliphatic rings. The summed E-state index contributed by atoms with van der Waals surface area (Å²) in [5.41, 5.74) is -0.779. The van der Waals surface area contributed by atoms with Gasteiger partial charge in [-0.25, -0.2) is 0 Å². The van der Waals surface area contributed by atoms with E-state index < -0.39 is 11.7 Å². The zero-order chi connectivity index (χ0) is 15.7. The van der Waals surface area contributed by atoms with Gasteiger partial charge in [-0.3, -0.25) is 4.99 Å². The van der Waals surface area contributed by atoms with E-state index in [1.807, 2.05) is 0 Å². The summed E-state index contributed by atoms with van der Waals surface area (Å²) in [4.78, 5) is 3.94. The van der Waals surface area contributed by atoms with E-state index in [1.54, 1.807) is 13.1 Å². The molecule has 21 heavy (non-hydrogen) atoms. The lowest BCUT2D eigenvalue weighted by Crippen LogP contribution is -2.39. The van der Waals surface area contributed by atoms with Gasteiger partial charge in [-0.05, 0) is 12.1 Å². The predicted octanol–water partition coefficient (Wildman–Crippen LogP) is 2.44. The smallest absolute Gasteiger partial charge is 0.419 e. The van der Waals surface area contributed by atoms with Crippen molar-refractivity contribution in [2.45, 2.75) is 6.18 Å². The van der Waals surface area contributed by atoms with E-state index in [2.05, 4.69) is 22.2 Å². The normalized spacial score (nSPS) is 11.9. The highest BCUT2D eigenvalue weighted by Crippen LogP contribution is 2.35. The molecule has 0 spiro atoms. The van der Waals surface area contributed by atoms with Gasteiger partial charge in [0.1, 0.15) is 12.4 Å². The average molecular weight is 301 g/mol. The highest BCUT2D eigenvalue weighted by atomic mass is 19.4. The SMILES string of the molecule is C=CCNC(=NC)NCCOc1ccccc1C(F)(F)F. The van der Waals surface area contributed by atoms with Crippen molar-refractivity contribution in [2.75, 3.05) is 26.7 Å². The van der Waals surface area contributed by atoms with E-state index in [0.29, 0.717) is 19.0 Å². The van der Waals surface area contributed by atoms with Crippen LogP contribution in [0.1, 0.15) is 5.56 Å². The molecule has 2 N–H and O–H groups in total. The number of ether oxygens (including phenoxy) is 1. The van der Waals surface area contributed by atoms with Crippen LogP contribution in [-0.2, 0) is 6.18 Å². The lowest BCUT2D eigenvalue weighted by atomic mass is 10.2. The maximum atomic E-state index is 12.7. The first kappa shape index (κ1) is 16.9. The zero-order valence-corrected chi connectivity index (χ0v) is 11.7. The van der Waals surface area contributed by atoms with Gasteiger partial charge in [-0.1, -0.05) is 18.2 Å². The summed E-state index contributed by atoms with van der Waals surface area (Å²) in [7, 11) is 1.60. The van der Waals surface area contributed by atoms with Crippen LogP contribution >= 0.6 is 0 Å². The molecule has 0 atom stereocenters. The summed E-state index contributed by atoms with van der Waals surface area (Å²) in [5, 5.41) is 5.86. The van der Waals surface area contributed by atoms with E-state index in [-0.39, 0.29) is 12.4 Å². The number of benzene rings is 1. The summed E-state index contributed by atoms with van der Waals surface area (Å²) in [6, 6.07) is 5.12. The Morgan fingerprint density at radius 2 is 2.05 bits per heavy atom. The number of rotatable bonds is 6. The van der Waals surface area contributed by atoms with E-state index in [9.17, 15) is 13.2 Å². The first-order chi connectivity index (χ1) is 9.99. The number of hydrogen-bond donors (Lipinski definition) is 2. The fourth-order valence-electron chi connectivity index (χ4n) is 1.55. The van der Waals surface area contributed by atoms with Crippen molar-refractivity contribution < 1.29 is 17.9 Å². The molecule has 1 aromatic rings. The van der Waals surface area contributed by atoms with Gasteiger partial charge in [-0.2, -0.15) is 13.2 Å². The Kier molecular flexibility index (Phi) is 6.58. The van der Waals surface area contributed by atoms with Crippen LogP contribution in [0.4, 0.5) is 13.2 Å². The van der Waals surface area contributed by atoms with Crippen molar-refractivity contribution in [3.05, 3.63) is 42.5 Å². The van der Waals surface area contributed by atoms with Crippen molar-refractivity contribution in [2.24, 2.45) is 4.99 Å². The van der Waals surface area contributed by atoms with Crippen LogP contribution in [0, 0.1) is 0 Å². The highest BCUT2D eigenvalue weighted by Gasteiger charge is 2.33.